The minimum atomic E-state index is -0.698. The summed E-state index contributed by atoms with van der Waals surface area (Å²) in [6, 6.07) is 4.90. The van der Waals surface area contributed by atoms with Crippen molar-refractivity contribution < 1.29 is 9.90 Å². The first-order chi connectivity index (χ1) is 8.87. The molecule has 0 saturated carbocycles. The van der Waals surface area contributed by atoms with E-state index >= 15 is 0 Å². The van der Waals surface area contributed by atoms with Gasteiger partial charge in [-0.2, -0.15) is 0 Å². The predicted octanol–water partition coefficient (Wildman–Crippen LogP) is 3.02. The molecule has 1 aliphatic heterocycles. The van der Waals surface area contributed by atoms with Gasteiger partial charge in [0.25, 0.3) is 0 Å². The molecule has 1 atom stereocenters. The monoisotopic (exact) mass is 301 g/mol. The molecule has 1 unspecified atom stereocenters. The van der Waals surface area contributed by atoms with Crippen LogP contribution >= 0.6 is 23.2 Å². The number of piperidine rings is 1. The fraction of sp³-hybridized carbons (Fsp3) is 0.500. The lowest BCUT2D eigenvalue weighted by molar-refractivity contribution is -0.0132. The van der Waals surface area contributed by atoms with Crippen LogP contribution < -0.4 is 0 Å². The van der Waals surface area contributed by atoms with Crippen LogP contribution in [0.15, 0.2) is 18.2 Å². The van der Waals surface area contributed by atoms with Crippen LogP contribution in [0.2, 0.25) is 10.0 Å². The summed E-state index contributed by atoms with van der Waals surface area (Å²) in [6.45, 7) is 3.47. The summed E-state index contributed by atoms with van der Waals surface area (Å²) in [7, 11) is 0. The normalized spacial score (nSPS) is 24.4. The molecule has 1 N–H and O–H groups in total. The average molecular weight is 302 g/mol. The van der Waals surface area contributed by atoms with Crippen molar-refractivity contribution in [2.24, 2.45) is 0 Å². The largest absolute Gasteiger partial charge is 0.389 e. The van der Waals surface area contributed by atoms with E-state index in [-0.39, 0.29) is 5.78 Å². The van der Waals surface area contributed by atoms with E-state index in [0.717, 1.165) is 19.4 Å². The van der Waals surface area contributed by atoms with Crippen LogP contribution in [0, 0.1) is 0 Å². The van der Waals surface area contributed by atoms with Crippen molar-refractivity contribution in [3.8, 4) is 0 Å². The van der Waals surface area contributed by atoms with Gasteiger partial charge < -0.3 is 5.11 Å². The number of ketones is 1. The summed E-state index contributed by atoms with van der Waals surface area (Å²) in [5.74, 6) is -0.00346. The number of halogens is 2. The van der Waals surface area contributed by atoms with Crippen LogP contribution in [-0.4, -0.2) is 41.0 Å². The maximum Gasteiger partial charge on any atom is 0.176 e. The molecule has 0 aliphatic carbocycles. The Hall–Kier alpha value is -0.610. The molecule has 0 aromatic heterocycles. The molecule has 0 amide bonds. The van der Waals surface area contributed by atoms with Crippen LogP contribution in [0.5, 0.6) is 0 Å². The highest BCUT2D eigenvalue weighted by Crippen LogP contribution is 2.24. The Bertz CT molecular complexity index is 488. The lowest BCUT2D eigenvalue weighted by Crippen LogP contribution is -2.47. The molecule has 3 nitrogen and oxygen atoms in total. The van der Waals surface area contributed by atoms with Crippen LogP contribution in [0.3, 0.4) is 0 Å². The summed E-state index contributed by atoms with van der Waals surface area (Å²) in [4.78, 5) is 14.1. The molecule has 0 bridgehead atoms. The van der Waals surface area contributed by atoms with Gasteiger partial charge in [-0.25, -0.2) is 0 Å². The molecule has 1 aliphatic rings. The quantitative estimate of drug-likeness (QED) is 0.873. The molecule has 1 aromatic carbocycles. The third-order valence-electron chi connectivity index (χ3n) is 3.36. The molecular weight excluding hydrogens is 285 g/mol. The number of carbonyl (C=O) groups is 1. The third kappa shape index (κ3) is 3.93. The van der Waals surface area contributed by atoms with Crippen LogP contribution in [0.1, 0.15) is 30.1 Å². The molecule has 19 heavy (non-hydrogen) atoms. The Kier molecular flexibility index (Phi) is 4.51. The standard InChI is InChI=1S/C14H17Cl2NO2/c1-14(19)5-2-6-17(9-14)8-13(18)10-3-4-11(15)12(16)7-10/h3-4,7,19H,2,5-6,8-9H2,1H3. The summed E-state index contributed by atoms with van der Waals surface area (Å²) in [5.41, 5.74) is -0.143. The van der Waals surface area contributed by atoms with E-state index in [1.165, 1.54) is 0 Å². The van der Waals surface area contributed by atoms with Crippen molar-refractivity contribution in [2.75, 3.05) is 19.6 Å². The Morgan fingerprint density at radius 2 is 2.16 bits per heavy atom. The van der Waals surface area contributed by atoms with Crippen molar-refractivity contribution in [3.63, 3.8) is 0 Å². The topological polar surface area (TPSA) is 40.5 Å². The number of likely N-dealkylation sites (tertiary alicyclic amines) is 1. The van der Waals surface area contributed by atoms with Crippen LogP contribution in [-0.2, 0) is 0 Å². The van der Waals surface area contributed by atoms with Gasteiger partial charge in [0.1, 0.15) is 0 Å². The first kappa shape index (κ1) is 14.8. The molecular formula is C14H17Cl2NO2. The average Bonchev–Trinajstić information content (AvgIpc) is 2.31. The Labute approximate surface area is 123 Å². The summed E-state index contributed by atoms with van der Waals surface area (Å²) >= 11 is 11.7. The first-order valence-electron chi connectivity index (χ1n) is 6.30. The Balaban J connectivity index is 2.02. The second-order valence-corrected chi connectivity index (χ2v) is 6.18. The Morgan fingerprint density at radius 3 is 2.79 bits per heavy atom. The zero-order valence-electron chi connectivity index (χ0n) is 10.8. The summed E-state index contributed by atoms with van der Waals surface area (Å²) < 4.78 is 0. The second-order valence-electron chi connectivity index (χ2n) is 5.36. The number of aliphatic hydroxyl groups is 1. The van der Waals surface area contributed by atoms with Crippen LogP contribution in [0.25, 0.3) is 0 Å². The van der Waals surface area contributed by atoms with Gasteiger partial charge in [-0.3, -0.25) is 9.69 Å². The van der Waals surface area contributed by atoms with Gasteiger partial charge >= 0.3 is 0 Å². The van der Waals surface area contributed by atoms with Gasteiger partial charge in [0, 0.05) is 12.1 Å². The fourth-order valence-electron chi connectivity index (χ4n) is 2.42. The molecule has 1 heterocycles. The summed E-state index contributed by atoms with van der Waals surface area (Å²) in [5, 5.41) is 10.8. The van der Waals surface area contributed by atoms with E-state index < -0.39 is 5.60 Å². The van der Waals surface area contributed by atoms with Gasteiger partial charge in [-0.15, -0.1) is 0 Å². The van der Waals surface area contributed by atoms with E-state index in [2.05, 4.69) is 0 Å². The van der Waals surface area contributed by atoms with Gasteiger partial charge in [0.05, 0.1) is 22.2 Å². The van der Waals surface area contributed by atoms with E-state index in [9.17, 15) is 9.90 Å². The van der Waals surface area contributed by atoms with Crippen molar-refractivity contribution >= 4 is 29.0 Å². The fourth-order valence-corrected chi connectivity index (χ4v) is 2.72. The minimum absolute atomic E-state index is 0.00346. The van der Waals surface area contributed by atoms with E-state index in [1.54, 1.807) is 18.2 Å². The highest BCUT2D eigenvalue weighted by Gasteiger charge is 2.29. The van der Waals surface area contributed by atoms with Crippen LogP contribution in [0.4, 0.5) is 0 Å². The smallest absolute Gasteiger partial charge is 0.176 e. The van der Waals surface area contributed by atoms with Crippen molar-refractivity contribution in [2.45, 2.75) is 25.4 Å². The predicted molar refractivity (Wildman–Crippen MR) is 77.1 cm³/mol. The first-order valence-corrected chi connectivity index (χ1v) is 7.06. The number of nitrogens with zero attached hydrogens (tertiary/aromatic N) is 1. The number of β-amino-alcohol motifs (C(OH)–C–C–N with tert-alkyl or cyclic N) is 1. The number of rotatable bonds is 3. The zero-order valence-corrected chi connectivity index (χ0v) is 12.3. The molecule has 1 fully saturated rings. The number of benzene rings is 1. The van der Waals surface area contributed by atoms with Crippen molar-refractivity contribution in [1.29, 1.82) is 0 Å². The number of hydrogen-bond donors (Lipinski definition) is 1. The van der Waals surface area contributed by atoms with Gasteiger partial charge in [0.15, 0.2) is 5.78 Å². The molecule has 1 aromatic rings. The van der Waals surface area contributed by atoms with E-state index in [1.807, 2.05) is 11.8 Å². The molecule has 104 valence electrons. The molecule has 1 saturated heterocycles. The highest BCUT2D eigenvalue weighted by molar-refractivity contribution is 6.42. The number of Topliss-reactive ketones (excluding diaryl/α,β-unsaturated/α-hetero) is 1. The maximum absolute atomic E-state index is 12.2. The molecule has 0 spiro atoms. The number of carbonyl (C=O) groups excluding carboxylic acids is 1. The maximum atomic E-state index is 12.2. The minimum Gasteiger partial charge on any atom is -0.389 e. The SMILES string of the molecule is CC1(O)CCCN(CC(=O)c2ccc(Cl)c(Cl)c2)C1. The molecule has 0 radical (unpaired) electrons. The van der Waals surface area contributed by atoms with E-state index in [4.69, 9.17) is 23.2 Å². The summed E-state index contributed by atoms with van der Waals surface area (Å²) in [6.07, 6.45) is 1.69. The van der Waals surface area contributed by atoms with Gasteiger partial charge in [-0.05, 0) is 44.5 Å². The van der Waals surface area contributed by atoms with Crippen molar-refractivity contribution in [1.82, 2.24) is 4.90 Å². The number of hydrogen-bond acceptors (Lipinski definition) is 3. The van der Waals surface area contributed by atoms with Gasteiger partial charge in [0.2, 0.25) is 0 Å². The Morgan fingerprint density at radius 1 is 1.42 bits per heavy atom. The second kappa shape index (κ2) is 5.80. The third-order valence-corrected chi connectivity index (χ3v) is 4.10. The van der Waals surface area contributed by atoms with E-state index in [0.29, 0.717) is 28.7 Å². The zero-order chi connectivity index (χ0) is 14.0. The molecule has 2 rings (SSSR count). The lowest BCUT2D eigenvalue weighted by atomic mass is 9.95. The molecule has 5 heteroatoms. The lowest BCUT2D eigenvalue weighted by Gasteiger charge is -2.36. The van der Waals surface area contributed by atoms with Gasteiger partial charge in [-0.1, -0.05) is 23.2 Å². The van der Waals surface area contributed by atoms with Crippen molar-refractivity contribution in [3.05, 3.63) is 33.8 Å². The highest BCUT2D eigenvalue weighted by atomic mass is 35.5.